The summed E-state index contributed by atoms with van der Waals surface area (Å²) in [6.07, 6.45) is 1.22. The molecule has 1 spiro atoms. The molecule has 0 unspecified atom stereocenters. The Morgan fingerprint density at radius 1 is 1.17 bits per heavy atom. The second-order valence-corrected chi connectivity index (χ2v) is 8.31. The quantitative estimate of drug-likeness (QED) is 0.758. The van der Waals surface area contributed by atoms with Crippen LogP contribution in [0.2, 0.25) is 5.02 Å². The predicted octanol–water partition coefficient (Wildman–Crippen LogP) is 3.56. The monoisotopic (exact) mass is 430 g/mol. The van der Waals surface area contributed by atoms with E-state index in [1.54, 1.807) is 23.1 Å². The van der Waals surface area contributed by atoms with Gasteiger partial charge in [0.05, 0.1) is 12.1 Å². The zero-order valence-corrected chi connectivity index (χ0v) is 18.1. The van der Waals surface area contributed by atoms with E-state index in [1.807, 2.05) is 12.1 Å². The molecule has 0 radical (unpaired) electrons. The first-order valence-electron chi connectivity index (χ1n) is 10.4. The van der Waals surface area contributed by atoms with Gasteiger partial charge in [-0.1, -0.05) is 25.4 Å². The topological polar surface area (TPSA) is 77.8 Å². The van der Waals surface area contributed by atoms with Crippen molar-refractivity contribution in [1.29, 1.82) is 0 Å². The molecule has 1 saturated heterocycles. The Morgan fingerprint density at radius 2 is 1.90 bits per heavy atom. The molecule has 0 atom stereocenters. The van der Waals surface area contributed by atoms with E-state index in [0.717, 1.165) is 24.5 Å². The molecule has 0 bridgehead atoms. The molecule has 0 aliphatic carbocycles. The van der Waals surface area contributed by atoms with Crippen molar-refractivity contribution in [1.82, 2.24) is 15.1 Å². The number of amides is 2. The molecule has 2 N–H and O–H groups in total. The van der Waals surface area contributed by atoms with E-state index in [0.29, 0.717) is 48.8 Å². The van der Waals surface area contributed by atoms with Crippen LogP contribution in [0.15, 0.2) is 34.7 Å². The summed E-state index contributed by atoms with van der Waals surface area (Å²) in [5, 5.41) is 7.06. The Kier molecular flexibility index (Phi) is 5.75. The van der Waals surface area contributed by atoms with Gasteiger partial charge in [0.2, 0.25) is 0 Å². The van der Waals surface area contributed by atoms with Crippen molar-refractivity contribution in [3.63, 3.8) is 0 Å². The molecule has 160 valence electrons. The molecular weight excluding hydrogens is 404 g/mol. The number of rotatable bonds is 5. The summed E-state index contributed by atoms with van der Waals surface area (Å²) in [7, 11) is 0. The van der Waals surface area contributed by atoms with Crippen LogP contribution in [-0.4, -0.2) is 53.5 Å². The number of likely N-dealkylation sites (tertiary alicyclic amines) is 1. The number of carbonyl (C=O) groups excluding carboxylic acids is 2. The zero-order chi connectivity index (χ0) is 21.3. The number of nitrogens with one attached hydrogen (secondary N) is 2. The van der Waals surface area contributed by atoms with E-state index >= 15 is 0 Å². The van der Waals surface area contributed by atoms with E-state index < -0.39 is 5.66 Å². The fourth-order valence-corrected chi connectivity index (χ4v) is 4.30. The number of carbonyl (C=O) groups is 2. The number of anilines is 1. The van der Waals surface area contributed by atoms with Crippen molar-refractivity contribution in [2.45, 2.75) is 38.9 Å². The fraction of sp³-hybridized carbons (Fsp3) is 0.455. The second kappa shape index (κ2) is 8.32. The van der Waals surface area contributed by atoms with Gasteiger partial charge >= 0.3 is 0 Å². The van der Waals surface area contributed by atoms with Gasteiger partial charge in [-0.3, -0.25) is 14.5 Å². The van der Waals surface area contributed by atoms with Crippen LogP contribution in [-0.2, 0) is 6.54 Å². The summed E-state index contributed by atoms with van der Waals surface area (Å²) in [4.78, 5) is 29.5. The molecule has 2 amide bonds. The van der Waals surface area contributed by atoms with E-state index in [1.165, 1.54) is 0 Å². The molecule has 1 aromatic carbocycles. The van der Waals surface area contributed by atoms with Gasteiger partial charge < -0.3 is 20.0 Å². The maximum atomic E-state index is 12.9. The summed E-state index contributed by atoms with van der Waals surface area (Å²) < 4.78 is 5.81. The van der Waals surface area contributed by atoms with Crippen molar-refractivity contribution in [3.8, 4) is 0 Å². The Morgan fingerprint density at radius 3 is 2.60 bits per heavy atom. The van der Waals surface area contributed by atoms with Crippen LogP contribution < -0.4 is 10.6 Å². The lowest BCUT2D eigenvalue weighted by molar-refractivity contribution is 0.0608. The molecular formula is C22H27ClN4O3. The minimum absolute atomic E-state index is 0.107. The van der Waals surface area contributed by atoms with Crippen molar-refractivity contribution in [2.24, 2.45) is 0 Å². The molecule has 2 aliphatic rings. The molecule has 4 rings (SSSR count). The number of benzene rings is 1. The third kappa shape index (κ3) is 4.04. The lowest BCUT2D eigenvalue weighted by atomic mass is 9.92. The highest BCUT2D eigenvalue weighted by Crippen LogP contribution is 2.33. The number of fused-ring (bicyclic) bond motifs is 1. The van der Waals surface area contributed by atoms with Crippen LogP contribution in [0.5, 0.6) is 0 Å². The first-order chi connectivity index (χ1) is 14.4. The Bertz CT molecular complexity index is 946. The molecule has 2 aliphatic heterocycles. The van der Waals surface area contributed by atoms with Crippen molar-refractivity contribution >= 4 is 29.1 Å². The van der Waals surface area contributed by atoms with Crippen molar-refractivity contribution in [3.05, 3.63) is 52.4 Å². The maximum absolute atomic E-state index is 12.9. The standard InChI is InChI=1S/C22H27ClN4O3/c1-3-26(4-2)14-16-6-8-19(30-16)21(29)27-11-9-22(10-12-27)24-18-7-5-15(23)13-17(18)20(28)25-22/h5-8,13,24H,3-4,9-12,14H2,1-2H3,(H,25,28). The molecule has 30 heavy (non-hydrogen) atoms. The molecule has 7 nitrogen and oxygen atoms in total. The average molecular weight is 431 g/mol. The first-order valence-corrected chi connectivity index (χ1v) is 10.8. The van der Waals surface area contributed by atoms with Gasteiger partial charge in [-0.05, 0) is 43.4 Å². The van der Waals surface area contributed by atoms with E-state index in [2.05, 4.69) is 29.4 Å². The van der Waals surface area contributed by atoms with Gasteiger partial charge in [-0.15, -0.1) is 0 Å². The predicted molar refractivity (Wildman–Crippen MR) is 116 cm³/mol. The van der Waals surface area contributed by atoms with E-state index in [9.17, 15) is 9.59 Å². The minimum atomic E-state index is -0.550. The van der Waals surface area contributed by atoms with Crippen molar-refractivity contribution < 1.29 is 14.0 Å². The molecule has 0 saturated carbocycles. The largest absolute Gasteiger partial charge is 0.455 e. The fourth-order valence-electron chi connectivity index (χ4n) is 4.13. The van der Waals surface area contributed by atoms with Crippen LogP contribution in [0, 0.1) is 0 Å². The number of halogens is 1. The number of nitrogens with zero attached hydrogens (tertiary/aromatic N) is 2. The normalized spacial score (nSPS) is 17.6. The van der Waals surface area contributed by atoms with Gasteiger partial charge in [-0.25, -0.2) is 0 Å². The third-order valence-electron chi connectivity index (χ3n) is 6.00. The van der Waals surface area contributed by atoms with Crippen LogP contribution in [0.1, 0.15) is 53.4 Å². The molecule has 3 heterocycles. The summed E-state index contributed by atoms with van der Waals surface area (Å²) >= 11 is 6.01. The second-order valence-electron chi connectivity index (χ2n) is 7.87. The highest BCUT2D eigenvalue weighted by Gasteiger charge is 2.41. The number of piperidine rings is 1. The first kappa shape index (κ1) is 20.8. The van der Waals surface area contributed by atoms with Crippen molar-refractivity contribution in [2.75, 3.05) is 31.5 Å². The maximum Gasteiger partial charge on any atom is 0.289 e. The molecule has 8 heteroatoms. The lowest BCUT2D eigenvalue weighted by Crippen LogP contribution is -2.62. The summed E-state index contributed by atoms with van der Waals surface area (Å²) in [6.45, 7) is 7.83. The summed E-state index contributed by atoms with van der Waals surface area (Å²) in [6, 6.07) is 8.90. The summed E-state index contributed by atoms with van der Waals surface area (Å²) in [5.41, 5.74) is 0.768. The molecule has 1 fully saturated rings. The Hall–Kier alpha value is -2.51. The van der Waals surface area contributed by atoms with Gasteiger partial charge in [0, 0.05) is 36.6 Å². The highest BCUT2D eigenvalue weighted by atomic mass is 35.5. The van der Waals surface area contributed by atoms with E-state index in [-0.39, 0.29) is 11.8 Å². The van der Waals surface area contributed by atoms with Gasteiger partial charge in [-0.2, -0.15) is 0 Å². The third-order valence-corrected chi connectivity index (χ3v) is 6.24. The van der Waals surface area contributed by atoms with Crippen LogP contribution in [0.25, 0.3) is 0 Å². The summed E-state index contributed by atoms with van der Waals surface area (Å²) in [5.74, 6) is 0.920. The number of hydrogen-bond acceptors (Lipinski definition) is 5. The lowest BCUT2D eigenvalue weighted by Gasteiger charge is -2.45. The molecule has 2 aromatic rings. The van der Waals surface area contributed by atoms with Crippen LogP contribution in [0.3, 0.4) is 0 Å². The Balaban J connectivity index is 1.40. The van der Waals surface area contributed by atoms with Crippen LogP contribution in [0.4, 0.5) is 5.69 Å². The smallest absolute Gasteiger partial charge is 0.289 e. The number of furan rings is 1. The van der Waals surface area contributed by atoms with E-state index in [4.69, 9.17) is 16.0 Å². The SMILES string of the molecule is CCN(CC)Cc1ccc(C(=O)N2CCC3(CC2)NC(=O)c2cc(Cl)ccc2N3)o1. The molecule has 1 aromatic heterocycles. The van der Waals surface area contributed by atoms with Gasteiger partial charge in [0.25, 0.3) is 11.8 Å². The van der Waals surface area contributed by atoms with Gasteiger partial charge in [0.15, 0.2) is 5.76 Å². The minimum Gasteiger partial charge on any atom is -0.455 e. The van der Waals surface area contributed by atoms with Gasteiger partial charge in [0.1, 0.15) is 11.4 Å². The average Bonchev–Trinajstić information content (AvgIpc) is 3.21. The number of hydrogen-bond donors (Lipinski definition) is 2. The highest BCUT2D eigenvalue weighted by molar-refractivity contribution is 6.31. The zero-order valence-electron chi connectivity index (χ0n) is 17.3. The Labute approximate surface area is 181 Å². The van der Waals surface area contributed by atoms with Crippen LogP contribution >= 0.6 is 11.6 Å².